The van der Waals surface area contributed by atoms with Crippen molar-refractivity contribution in [2.75, 3.05) is 13.2 Å². The number of hydrogen-bond acceptors (Lipinski definition) is 3. The fourth-order valence-corrected chi connectivity index (χ4v) is 3.83. The van der Waals surface area contributed by atoms with E-state index in [2.05, 4.69) is 12.2 Å². The first-order valence-corrected chi connectivity index (χ1v) is 11.7. The van der Waals surface area contributed by atoms with Gasteiger partial charge in [-0.05, 0) is 67.6 Å². The molecule has 0 aliphatic rings. The third-order valence-corrected chi connectivity index (χ3v) is 5.85. The van der Waals surface area contributed by atoms with Crippen molar-refractivity contribution in [3.63, 3.8) is 0 Å². The van der Waals surface area contributed by atoms with Crippen LogP contribution in [0.15, 0.2) is 36.4 Å². The summed E-state index contributed by atoms with van der Waals surface area (Å²) in [4.78, 5) is 27.7. The maximum Gasteiger partial charge on any atom is 0.261 e. The predicted molar refractivity (Wildman–Crippen MR) is 130 cm³/mol. The summed E-state index contributed by atoms with van der Waals surface area (Å²) >= 11 is 12.2. The van der Waals surface area contributed by atoms with Crippen LogP contribution in [0.25, 0.3) is 0 Å². The van der Waals surface area contributed by atoms with E-state index in [0.717, 1.165) is 29.5 Å². The second-order valence-electron chi connectivity index (χ2n) is 7.95. The average Bonchev–Trinajstić information content (AvgIpc) is 2.74. The van der Waals surface area contributed by atoms with Crippen molar-refractivity contribution < 1.29 is 14.3 Å². The van der Waals surface area contributed by atoms with E-state index in [1.807, 2.05) is 39.0 Å². The van der Waals surface area contributed by atoms with Gasteiger partial charge in [-0.2, -0.15) is 0 Å². The number of nitrogens with one attached hydrogen (secondary N) is 1. The molecule has 2 aromatic rings. The van der Waals surface area contributed by atoms with Gasteiger partial charge in [0.05, 0.1) is 10.0 Å². The van der Waals surface area contributed by atoms with Crippen molar-refractivity contribution in [1.29, 1.82) is 0 Å². The van der Waals surface area contributed by atoms with E-state index < -0.39 is 6.04 Å². The summed E-state index contributed by atoms with van der Waals surface area (Å²) < 4.78 is 5.79. The molecule has 174 valence electrons. The maximum atomic E-state index is 13.2. The highest BCUT2D eigenvalue weighted by Crippen LogP contribution is 2.24. The smallest absolute Gasteiger partial charge is 0.261 e. The molecule has 0 aromatic heterocycles. The Morgan fingerprint density at radius 3 is 2.31 bits per heavy atom. The fraction of sp³-hybridized carbons (Fsp3) is 0.440. The second kappa shape index (κ2) is 12.7. The highest BCUT2D eigenvalue weighted by Gasteiger charge is 2.29. The number of halogens is 2. The first-order valence-electron chi connectivity index (χ1n) is 11.0. The fourth-order valence-electron chi connectivity index (χ4n) is 3.50. The molecule has 1 unspecified atom stereocenters. The number of rotatable bonds is 11. The van der Waals surface area contributed by atoms with E-state index in [9.17, 15) is 9.59 Å². The second-order valence-corrected chi connectivity index (χ2v) is 8.77. The van der Waals surface area contributed by atoms with Crippen LogP contribution < -0.4 is 10.1 Å². The molecule has 0 spiro atoms. The molecule has 0 fully saturated rings. The Morgan fingerprint density at radius 1 is 1.03 bits per heavy atom. The normalized spacial score (nSPS) is 11.7. The van der Waals surface area contributed by atoms with E-state index in [-0.39, 0.29) is 25.0 Å². The number of ether oxygens (including phenoxy) is 1. The summed E-state index contributed by atoms with van der Waals surface area (Å²) in [5.74, 6) is 0.194. The molecular formula is C25H32Cl2N2O3. The van der Waals surface area contributed by atoms with Crippen molar-refractivity contribution in [2.45, 2.75) is 59.5 Å². The Labute approximate surface area is 201 Å². The van der Waals surface area contributed by atoms with Crippen LogP contribution in [0.2, 0.25) is 10.0 Å². The number of carbonyl (C=O) groups excluding carboxylic acids is 2. The van der Waals surface area contributed by atoms with Crippen LogP contribution >= 0.6 is 23.2 Å². The lowest BCUT2D eigenvalue weighted by molar-refractivity contribution is -0.143. The Morgan fingerprint density at radius 2 is 1.72 bits per heavy atom. The Bertz CT molecular complexity index is 913. The monoisotopic (exact) mass is 478 g/mol. The molecule has 0 radical (unpaired) electrons. The maximum absolute atomic E-state index is 13.2. The summed E-state index contributed by atoms with van der Waals surface area (Å²) in [6.45, 7) is 8.56. The van der Waals surface area contributed by atoms with Crippen molar-refractivity contribution >= 4 is 35.0 Å². The summed E-state index contributed by atoms with van der Waals surface area (Å²) in [7, 11) is 0. The molecular weight excluding hydrogens is 447 g/mol. The third kappa shape index (κ3) is 7.72. The van der Waals surface area contributed by atoms with Gasteiger partial charge in [0.1, 0.15) is 11.8 Å². The number of hydrogen-bond donors (Lipinski definition) is 1. The molecule has 5 nitrogen and oxygen atoms in total. The van der Waals surface area contributed by atoms with Gasteiger partial charge < -0.3 is 15.0 Å². The summed E-state index contributed by atoms with van der Waals surface area (Å²) in [6, 6.07) is 10.4. The molecule has 0 heterocycles. The van der Waals surface area contributed by atoms with E-state index in [0.29, 0.717) is 28.8 Å². The molecule has 2 rings (SSSR count). The lowest BCUT2D eigenvalue weighted by atomic mass is 10.1. The Kier molecular flexibility index (Phi) is 10.3. The van der Waals surface area contributed by atoms with Gasteiger partial charge in [0, 0.05) is 13.1 Å². The van der Waals surface area contributed by atoms with Gasteiger partial charge in [0.15, 0.2) is 6.61 Å². The van der Waals surface area contributed by atoms with Crippen LogP contribution in [0.4, 0.5) is 0 Å². The number of carbonyl (C=O) groups is 2. The third-order valence-electron chi connectivity index (χ3n) is 5.11. The molecule has 0 saturated carbocycles. The van der Waals surface area contributed by atoms with Gasteiger partial charge in [0.2, 0.25) is 5.91 Å². The number of benzene rings is 2. The van der Waals surface area contributed by atoms with E-state index in [1.165, 1.54) is 0 Å². The molecule has 7 heteroatoms. The van der Waals surface area contributed by atoms with Crippen LogP contribution in [0.5, 0.6) is 5.75 Å². The molecule has 1 atom stereocenters. The number of amides is 2. The zero-order valence-corrected chi connectivity index (χ0v) is 20.7. The van der Waals surface area contributed by atoms with Gasteiger partial charge in [-0.1, -0.05) is 55.6 Å². The summed E-state index contributed by atoms with van der Waals surface area (Å²) in [6.07, 6.45) is 2.35. The SMILES string of the molecule is CCCCNC(=O)C(CC)N(Cc1ccc(Cl)c(Cl)c1)C(=O)COc1cc(C)cc(C)c1. The quantitative estimate of drug-likeness (QED) is 0.420. The van der Waals surface area contributed by atoms with E-state index >= 15 is 0 Å². The molecule has 1 N–H and O–H groups in total. The molecule has 32 heavy (non-hydrogen) atoms. The first-order chi connectivity index (χ1) is 15.2. The van der Waals surface area contributed by atoms with Gasteiger partial charge in [-0.25, -0.2) is 0 Å². The van der Waals surface area contributed by atoms with Crippen LogP contribution in [0, 0.1) is 13.8 Å². The summed E-state index contributed by atoms with van der Waals surface area (Å²) in [5.41, 5.74) is 2.91. The minimum atomic E-state index is -0.614. The first kappa shape index (κ1) is 26.0. The minimum absolute atomic E-state index is 0.164. The topological polar surface area (TPSA) is 58.6 Å². The van der Waals surface area contributed by atoms with Crippen LogP contribution in [0.1, 0.15) is 49.8 Å². The van der Waals surface area contributed by atoms with E-state index in [1.54, 1.807) is 23.1 Å². The standard InChI is InChI=1S/C25H32Cl2N2O3/c1-5-7-10-28-25(31)23(6-2)29(15-19-8-9-21(26)22(27)14-19)24(30)16-32-20-12-17(3)11-18(4)13-20/h8-9,11-14,23H,5-7,10,15-16H2,1-4H3,(H,28,31). The van der Waals surface area contributed by atoms with Crippen molar-refractivity contribution in [1.82, 2.24) is 10.2 Å². The van der Waals surface area contributed by atoms with Crippen LogP contribution in [-0.4, -0.2) is 35.9 Å². The van der Waals surface area contributed by atoms with Crippen molar-refractivity contribution in [3.05, 3.63) is 63.1 Å². The zero-order valence-electron chi connectivity index (χ0n) is 19.2. The lowest BCUT2D eigenvalue weighted by Gasteiger charge is -2.30. The number of aryl methyl sites for hydroxylation is 2. The van der Waals surface area contributed by atoms with Gasteiger partial charge >= 0.3 is 0 Å². The summed E-state index contributed by atoms with van der Waals surface area (Å²) in [5, 5.41) is 3.79. The average molecular weight is 479 g/mol. The Hall–Kier alpha value is -2.24. The van der Waals surface area contributed by atoms with Crippen LogP contribution in [0.3, 0.4) is 0 Å². The molecule has 0 bridgehead atoms. The van der Waals surface area contributed by atoms with Gasteiger partial charge in [0.25, 0.3) is 5.91 Å². The Balaban J connectivity index is 2.22. The highest BCUT2D eigenvalue weighted by atomic mass is 35.5. The molecule has 2 amide bonds. The van der Waals surface area contributed by atoms with Gasteiger partial charge in [-0.3, -0.25) is 9.59 Å². The van der Waals surface area contributed by atoms with Crippen molar-refractivity contribution in [3.8, 4) is 5.75 Å². The highest BCUT2D eigenvalue weighted by molar-refractivity contribution is 6.42. The molecule has 2 aromatic carbocycles. The van der Waals surface area contributed by atoms with Crippen molar-refractivity contribution in [2.24, 2.45) is 0 Å². The zero-order chi connectivity index (χ0) is 23.7. The molecule has 0 aliphatic heterocycles. The number of unbranched alkanes of at least 4 members (excludes halogenated alkanes) is 1. The lowest BCUT2D eigenvalue weighted by Crippen LogP contribution is -2.50. The minimum Gasteiger partial charge on any atom is -0.484 e. The molecule has 0 saturated heterocycles. The van der Waals surface area contributed by atoms with E-state index in [4.69, 9.17) is 27.9 Å². The number of nitrogens with zero attached hydrogens (tertiary/aromatic N) is 1. The van der Waals surface area contributed by atoms with Crippen LogP contribution in [-0.2, 0) is 16.1 Å². The molecule has 0 aliphatic carbocycles. The van der Waals surface area contributed by atoms with Gasteiger partial charge in [-0.15, -0.1) is 0 Å². The largest absolute Gasteiger partial charge is 0.484 e. The predicted octanol–water partition coefficient (Wildman–Crippen LogP) is 5.71.